The zero-order valence-corrected chi connectivity index (χ0v) is 50.7. The summed E-state index contributed by atoms with van der Waals surface area (Å²) in [5.74, 6) is 0.964. The molecule has 12 nitrogen and oxygen atoms in total. The summed E-state index contributed by atoms with van der Waals surface area (Å²) in [5.41, 5.74) is 11.9. The van der Waals surface area contributed by atoms with Gasteiger partial charge < -0.3 is 56.6 Å². The number of aliphatic hydroxyl groups excluding tert-OH is 1. The maximum absolute atomic E-state index is 13.4. The summed E-state index contributed by atoms with van der Waals surface area (Å²) in [5, 5.41) is 82.1. The summed E-state index contributed by atoms with van der Waals surface area (Å²) in [7, 11) is 0. The van der Waals surface area contributed by atoms with E-state index < -0.39 is 11.5 Å². The van der Waals surface area contributed by atoms with E-state index >= 15 is 0 Å². The third-order valence-electron chi connectivity index (χ3n) is 25.2. The molecule has 9 aliphatic rings. The van der Waals surface area contributed by atoms with Crippen molar-refractivity contribution in [2.75, 3.05) is 13.1 Å². The number of H-pyrrole nitrogens is 2. The molecule has 2 aromatic heterocycles. The van der Waals surface area contributed by atoms with Crippen LogP contribution in [0.3, 0.4) is 0 Å². The molecule has 88 heavy (non-hydrogen) atoms. The number of aromatic amines is 2. The van der Waals surface area contributed by atoms with Gasteiger partial charge in [-0.25, -0.2) is 4.98 Å². The van der Waals surface area contributed by atoms with Gasteiger partial charge in [-0.05, 0) is 218 Å². The fourth-order valence-corrected chi connectivity index (χ4v) is 21.7. The van der Waals surface area contributed by atoms with Crippen LogP contribution in [-0.2, 0) is 37.5 Å². The van der Waals surface area contributed by atoms with Crippen molar-refractivity contribution < 1.29 is 30.6 Å². The topological polar surface area (TPSA) is 202 Å². The van der Waals surface area contributed by atoms with Gasteiger partial charge in [0, 0.05) is 71.1 Å². The first-order chi connectivity index (χ1) is 42.9. The largest absolute Gasteiger partial charge is 0.507 e. The van der Waals surface area contributed by atoms with Crippen molar-refractivity contribution >= 4 is 22.9 Å². The number of aryl methyl sites for hydroxylation is 3. The smallest absolute Gasteiger partial charge is 0.169 e. The lowest BCUT2D eigenvalue weighted by Crippen LogP contribution is -2.79. The molecule has 6 fully saturated rings. The van der Waals surface area contributed by atoms with Gasteiger partial charge in [-0.15, -0.1) is 0 Å². The number of hydrogen-bond donors (Lipinski definition) is 11. The van der Waals surface area contributed by atoms with Gasteiger partial charge in [-0.1, -0.05) is 117 Å². The molecule has 15 atom stereocenters. The average molecular weight is 1180 g/mol. The third kappa shape index (κ3) is 8.53. The van der Waals surface area contributed by atoms with Crippen LogP contribution in [0.4, 0.5) is 0 Å². The van der Waals surface area contributed by atoms with E-state index in [2.05, 4.69) is 113 Å². The van der Waals surface area contributed by atoms with Crippen LogP contribution in [0.5, 0.6) is 28.7 Å². The number of benzene rings is 5. The highest BCUT2D eigenvalue weighted by Gasteiger charge is 2.81. The number of nitrogens with one attached hydrogen (secondary N) is 5. The Bertz CT molecular complexity index is 3900. The van der Waals surface area contributed by atoms with E-state index in [-0.39, 0.29) is 86.4 Å². The first-order valence-electron chi connectivity index (χ1n) is 33.4. The van der Waals surface area contributed by atoms with Gasteiger partial charge in [0.2, 0.25) is 0 Å². The molecule has 4 saturated carbocycles. The van der Waals surface area contributed by atoms with Gasteiger partial charge in [-0.2, -0.15) is 0 Å². The minimum absolute atomic E-state index is 0.00679. The second kappa shape index (κ2) is 21.6. The standard InChI is InChI=1S/C76H86N6O6/c1-2-53-34-46(41-78-53)29-33-77-42-49-36-57(47-8-4-3-5-9-47)62-40-73(39-61(49)81-62)38-60(48-18-13-44(14-19-48)15-25-56-54(24-16-45-17-27-63(83)66(86)35-45)55-11-6-12-64(84)67(55)69(88)68(56)87)82-71-58(73)37-52-21-20-51-22-26-59-72(80-43-79-59)76(71)70-65(85)28-23-50-10-7-30-74(50,70)31-32-75(51,52)76/h3-6,8-9,11-14,16-19,23-24,27-28,34-36,41,43,50-52,57-58,60-62,65,70-71,77-78,81-88H,2,7,10,15,20-22,25-26,29-33,37-40,42H2,1H3,(H,79,80)/b24-16+/t50-,51-,52+,57+,58+,60-,61-,62+,65+,70-,71+,73-,74+,75+,76+/m0/s1. The minimum atomic E-state index is -0.561. The number of imidazole rings is 1. The molecular weight excluding hydrogens is 1090 g/mol. The van der Waals surface area contributed by atoms with Crippen LogP contribution in [-0.4, -0.2) is 82.9 Å². The number of allylic oxidation sites excluding steroid dienone is 1. The molecule has 3 spiro atoms. The Balaban J connectivity index is 0.803. The molecule has 11 N–H and O–H groups in total. The zero-order chi connectivity index (χ0) is 59.7. The summed E-state index contributed by atoms with van der Waals surface area (Å²) < 4.78 is 0. The lowest BCUT2D eigenvalue weighted by molar-refractivity contribution is -0.229. The number of piperidine rings is 2. The monoisotopic (exact) mass is 1180 g/mol. The van der Waals surface area contributed by atoms with Crippen molar-refractivity contribution in [2.45, 2.75) is 158 Å². The van der Waals surface area contributed by atoms with E-state index in [0.717, 1.165) is 57.2 Å². The van der Waals surface area contributed by atoms with Crippen LogP contribution < -0.4 is 16.0 Å². The number of fused-ring (bicyclic) bond motifs is 6. The van der Waals surface area contributed by atoms with Crippen molar-refractivity contribution in [1.82, 2.24) is 30.9 Å². The van der Waals surface area contributed by atoms with Crippen LogP contribution in [0.15, 0.2) is 133 Å². The summed E-state index contributed by atoms with van der Waals surface area (Å²) in [6, 6.07) is 33.1. The number of phenols is 5. The second-order valence-corrected chi connectivity index (χ2v) is 28.7. The first kappa shape index (κ1) is 56.2. The molecule has 0 amide bonds. The van der Waals surface area contributed by atoms with Crippen molar-refractivity contribution in [3.8, 4) is 28.7 Å². The van der Waals surface area contributed by atoms with Gasteiger partial charge in [0.1, 0.15) is 5.75 Å². The molecular formula is C76H86N6O6. The molecule has 7 aromatic rings. The summed E-state index contributed by atoms with van der Waals surface area (Å²) in [4.78, 5) is 13.0. The predicted molar refractivity (Wildman–Crippen MR) is 345 cm³/mol. The molecule has 0 unspecified atom stereocenters. The van der Waals surface area contributed by atoms with E-state index in [1.54, 1.807) is 18.2 Å². The van der Waals surface area contributed by atoms with Crippen molar-refractivity contribution in [1.29, 1.82) is 0 Å². The van der Waals surface area contributed by atoms with Crippen LogP contribution in [0.25, 0.3) is 22.9 Å². The van der Waals surface area contributed by atoms with E-state index in [0.29, 0.717) is 58.6 Å². The van der Waals surface area contributed by atoms with Crippen molar-refractivity contribution in [3.63, 3.8) is 0 Å². The summed E-state index contributed by atoms with van der Waals surface area (Å²) >= 11 is 0. The SMILES string of the molecule is CCc1cc(CCNCC2=C[C@H](c3ccccc3)[C@H]3C[C@@]4(C[C@@H]2N3)C[C@@H](c2ccc(CCc3c(O)c(O)c5c(O)cccc5c3/C=C/c3ccc(O)c(O)c3)cc2)N[C@@H]2[C@H]4C[C@H]3CC[C@H]4CCc5[nH]cnc5[C@@]25[C@H]2[C@H](O)C=C[C@@H]6CCC[C@@]62CC[C@@]435)c[nH]1. The van der Waals surface area contributed by atoms with Crippen molar-refractivity contribution in [2.24, 2.45) is 45.8 Å². The Labute approximate surface area is 516 Å². The molecule has 3 aliphatic heterocycles. The van der Waals surface area contributed by atoms with Gasteiger partial charge in [0.25, 0.3) is 0 Å². The van der Waals surface area contributed by atoms with Crippen LogP contribution >= 0.6 is 0 Å². The van der Waals surface area contributed by atoms with Crippen LogP contribution in [0.1, 0.15) is 152 Å². The molecule has 12 heteroatoms. The first-order valence-corrected chi connectivity index (χ1v) is 33.4. The van der Waals surface area contributed by atoms with E-state index in [1.165, 1.54) is 115 Å². The molecule has 16 rings (SSSR count). The van der Waals surface area contributed by atoms with E-state index in [9.17, 15) is 30.6 Å². The van der Waals surface area contributed by atoms with Crippen LogP contribution in [0, 0.1) is 45.8 Å². The average Bonchev–Trinajstić information content (AvgIpc) is 1.28. The molecule has 2 saturated heterocycles. The number of phenolic OH excluding ortho intramolecular Hbond substituents is 5. The van der Waals surface area contributed by atoms with Crippen LogP contribution in [0.2, 0.25) is 0 Å². The minimum Gasteiger partial charge on any atom is -0.507 e. The highest BCUT2D eigenvalue weighted by molar-refractivity contribution is 6.03. The highest BCUT2D eigenvalue weighted by Crippen LogP contribution is 2.81. The highest BCUT2D eigenvalue weighted by atomic mass is 16.3. The lowest BCUT2D eigenvalue weighted by atomic mass is 9.30. The number of nitrogens with zero attached hydrogens (tertiary/aromatic N) is 1. The van der Waals surface area contributed by atoms with Gasteiger partial charge in [0.05, 0.1) is 23.5 Å². The number of hydrogen-bond acceptors (Lipinski definition) is 10. The lowest BCUT2D eigenvalue weighted by Gasteiger charge is -2.75. The second-order valence-electron chi connectivity index (χ2n) is 28.7. The van der Waals surface area contributed by atoms with Gasteiger partial charge in [0.15, 0.2) is 23.0 Å². The van der Waals surface area contributed by atoms with Gasteiger partial charge >= 0.3 is 0 Å². The molecule has 0 radical (unpaired) electrons. The third-order valence-corrected chi connectivity index (χ3v) is 25.2. The maximum Gasteiger partial charge on any atom is 0.169 e. The Kier molecular flexibility index (Phi) is 13.8. The van der Waals surface area contributed by atoms with Crippen molar-refractivity contribution in [3.05, 3.63) is 189 Å². The maximum atomic E-state index is 13.4. The fourth-order valence-electron chi connectivity index (χ4n) is 21.7. The number of rotatable bonds is 13. The number of aliphatic hydroxyl groups is 1. The fraction of sp³-hybridized carbons (Fsp3) is 0.461. The predicted octanol–water partition coefficient (Wildman–Crippen LogP) is 13.0. The van der Waals surface area contributed by atoms with Gasteiger partial charge in [-0.3, -0.25) is 0 Å². The summed E-state index contributed by atoms with van der Waals surface area (Å²) in [6.45, 7) is 3.95. The molecule has 5 heterocycles. The molecule has 2 bridgehead atoms. The zero-order valence-electron chi connectivity index (χ0n) is 50.7. The molecule has 456 valence electrons. The number of aromatic nitrogens is 3. The Hall–Kier alpha value is -7.09. The normalized spacial score (nSPS) is 34.2. The Morgan fingerprint density at radius 2 is 1.57 bits per heavy atom. The van der Waals surface area contributed by atoms with E-state index in [4.69, 9.17) is 10.3 Å². The summed E-state index contributed by atoms with van der Waals surface area (Å²) in [6.07, 6.45) is 32.7. The molecule has 6 aliphatic carbocycles. The number of aromatic hydroxyl groups is 5. The Morgan fingerprint density at radius 1 is 0.716 bits per heavy atom. The Morgan fingerprint density at radius 3 is 2.41 bits per heavy atom. The quantitative estimate of drug-likeness (QED) is 0.0228. The molecule has 5 aromatic carbocycles. The van der Waals surface area contributed by atoms with E-state index in [1.807, 2.05) is 18.5 Å².